The average Bonchev–Trinajstić information content (AvgIpc) is 2.35. The molecule has 0 saturated carbocycles. The van der Waals surface area contributed by atoms with Crippen molar-refractivity contribution in [3.05, 3.63) is 45.8 Å². The van der Waals surface area contributed by atoms with Crippen LogP contribution in [0.1, 0.15) is 5.56 Å². The van der Waals surface area contributed by atoms with Crippen LogP contribution in [0.2, 0.25) is 10.0 Å². The number of nitrogens with one attached hydrogen (secondary N) is 1. The maximum absolute atomic E-state index is 13.1. The van der Waals surface area contributed by atoms with Crippen LogP contribution in [0.3, 0.4) is 0 Å². The average molecular weight is 297 g/mol. The lowest BCUT2D eigenvalue weighted by molar-refractivity contribution is 0.628. The third-order valence-electron chi connectivity index (χ3n) is 2.28. The van der Waals surface area contributed by atoms with Gasteiger partial charge in [-0.15, -0.1) is 0 Å². The molecule has 1 aromatic carbocycles. The second-order valence-corrected chi connectivity index (χ2v) is 4.46. The monoisotopic (exact) mass is 296 g/mol. The first-order valence-electron chi connectivity index (χ1n) is 5.08. The predicted octanol–water partition coefficient (Wildman–Crippen LogP) is 3.72. The Hall–Kier alpha value is -2.03. The standard InChI is InChI=1S/C12H7Cl2FN4/c13-9-2-7(15)3-10(14)11(9)19-12-6(4-16)1-8(17)5-18-12/h1-3,5H,17H2,(H,18,19). The molecule has 1 heterocycles. The molecule has 0 aliphatic carbocycles. The molecule has 2 rings (SSSR count). The number of nitrogens with two attached hydrogens (primary N) is 1. The van der Waals surface area contributed by atoms with Gasteiger partial charge in [0.1, 0.15) is 17.7 Å². The molecule has 96 valence electrons. The van der Waals surface area contributed by atoms with E-state index in [-0.39, 0.29) is 27.1 Å². The number of rotatable bonds is 2. The fourth-order valence-electron chi connectivity index (χ4n) is 1.45. The van der Waals surface area contributed by atoms with Crippen LogP contribution in [0.5, 0.6) is 0 Å². The van der Waals surface area contributed by atoms with Gasteiger partial charge in [-0.3, -0.25) is 0 Å². The lowest BCUT2D eigenvalue weighted by Crippen LogP contribution is -2.00. The number of pyridine rings is 1. The number of hydrogen-bond donors (Lipinski definition) is 2. The highest BCUT2D eigenvalue weighted by Gasteiger charge is 2.12. The van der Waals surface area contributed by atoms with E-state index in [4.69, 9.17) is 34.2 Å². The molecule has 1 aromatic heterocycles. The third kappa shape index (κ3) is 2.87. The Morgan fingerprint density at radius 2 is 1.89 bits per heavy atom. The first-order chi connectivity index (χ1) is 9.01. The van der Waals surface area contributed by atoms with Crippen molar-refractivity contribution in [1.82, 2.24) is 4.98 Å². The van der Waals surface area contributed by atoms with Crippen molar-refractivity contribution in [2.75, 3.05) is 11.1 Å². The third-order valence-corrected chi connectivity index (χ3v) is 2.88. The van der Waals surface area contributed by atoms with E-state index in [2.05, 4.69) is 10.3 Å². The van der Waals surface area contributed by atoms with Crippen molar-refractivity contribution in [2.24, 2.45) is 0 Å². The van der Waals surface area contributed by atoms with Crippen LogP contribution in [0.25, 0.3) is 0 Å². The zero-order valence-electron chi connectivity index (χ0n) is 9.42. The molecular formula is C12H7Cl2FN4. The number of halogens is 3. The Balaban J connectivity index is 2.45. The van der Waals surface area contributed by atoms with Crippen LogP contribution in [0.4, 0.5) is 21.6 Å². The molecule has 7 heteroatoms. The molecule has 0 aliphatic heterocycles. The number of nitriles is 1. The molecule has 0 fully saturated rings. The highest BCUT2D eigenvalue weighted by molar-refractivity contribution is 6.39. The lowest BCUT2D eigenvalue weighted by atomic mass is 10.2. The van der Waals surface area contributed by atoms with Gasteiger partial charge in [0, 0.05) is 0 Å². The molecule has 0 amide bonds. The molecule has 0 atom stereocenters. The Morgan fingerprint density at radius 3 is 2.47 bits per heavy atom. The van der Waals surface area contributed by atoms with Crippen molar-refractivity contribution < 1.29 is 4.39 Å². The van der Waals surface area contributed by atoms with E-state index in [1.54, 1.807) is 0 Å². The molecule has 4 nitrogen and oxygen atoms in total. The van der Waals surface area contributed by atoms with Crippen LogP contribution >= 0.6 is 23.2 Å². The quantitative estimate of drug-likeness (QED) is 0.885. The summed E-state index contributed by atoms with van der Waals surface area (Å²) in [5.41, 5.74) is 6.40. The smallest absolute Gasteiger partial charge is 0.148 e. The summed E-state index contributed by atoms with van der Waals surface area (Å²) in [5.74, 6) is -0.307. The zero-order chi connectivity index (χ0) is 14.0. The summed E-state index contributed by atoms with van der Waals surface area (Å²) < 4.78 is 13.1. The fraction of sp³-hybridized carbons (Fsp3) is 0. The molecule has 0 aliphatic rings. The van der Waals surface area contributed by atoms with Gasteiger partial charge in [-0.2, -0.15) is 5.26 Å². The molecule has 0 bridgehead atoms. The van der Waals surface area contributed by atoms with Gasteiger partial charge in [0.2, 0.25) is 0 Å². The van der Waals surface area contributed by atoms with E-state index < -0.39 is 5.82 Å². The second-order valence-electron chi connectivity index (χ2n) is 3.65. The fourth-order valence-corrected chi connectivity index (χ4v) is 2.00. The Morgan fingerprint density at radius 1 is 1.26 bits per heavy atom. The van der Waals surface area contributed by atoms with Gasteiger partial charge in [-0.25, -0.2) is 9.37 Å². The molecule has 0 spiro atoms. The van der Waals surface area contributed by atoms with E-state index in [1.807, 2.05) is 6.07 Å². The topological polar surface area (TPSA) is 74.7 Å². The largest absolute Gasteiger partial charge is 0.397 e. The minimum absolute atomic E-state index is 0.0903. The number of nitrogens with zero attached hydrogens (tertiary/aromatic N) is 2. The van der Waals surface area contributed by atoms with Crippen LogP contribution in [-0.4, -0.2) is 4.98 Å². The first kappa shape index (κ1) is 13.4. The summed E-state index contributed by atoms with van der Waals surface area (Å²) in [4.78, 5) is 3.98. The maximum atomic E-state index is 13.1. The Kier molecular flexibility index (Phi) is 3.74. The van der Waals surface area contributed by atoms with Gasteiger partial charge < -0.3 is 11.1 Å². The van der Waals surface area contributed by atoms with E-state index in [0.29, 0.717) is 5.69 Å². The molecular weight excluding hydrogens is 290 g/mol. The molecule has 19 heavy (non-hydrogen) atoms. The van der Waals surface area contributed by atoms with Crippen molar-refractivity contribution in [2.45, 2.75) is 0 Å². The molecule has 0 saturated heterocycles. The van der Waals surface area contributed by atoms with E-state index in [0.717, 1.165) is 12.1 Å². The number of benzene rings is 1. The van der Waals surface area contributed by atoms with Crippen molar-refractivity contribution in [1.29, 1.82) is 5.26 Å². The number of anilines is 3. The highest BCUT2D eigenvalue weighted by atomic mass is 35.5. The van der Waals surface area contributed by atoms with Crippen LogP contribution in [-0.2, 0) is 0 Å². The van der Waals surface area contributed by atoms with Gasteiger partial charge in [0.25, 0.3) is 0 Å². The summed E-state index contributed by atoms with van der Waals surface area (Å²) in [6.45, 7) is 0. The summed E-state index contributed by atoms with van der Waals surface area (Å²) >= 11 is 11.8. The van der Waals surface area contributed by atoms with Gasteiger partial charge in [-0.05, 0) is 18.2 Å². The van der Waals surface area contributed by atoms with Crippen molar-refractivity contribution >= 4 is 40.4 Å². The van der Waals surface area contributed by atoms with Crippen LogP contribution in [0.15, 0.2) is 24.4 Å². The zero-order valence-corrected chi connectivity index (χ0v) is 10.9. The first-order valence-corrected chi connectivity index (χ1v) is 5.84. The highest BCUT2D eigenvalue weighted by Crippen LogP contribution is 2.34. The van der Waals surface area contributed by atoms with Gasteiger partial charge in [0.15, 0.2) is 0 Å². The molecule has 3 N–H and O–H groups in total. The molecule has 0 unspecified atom stereocenters. The predicted molar refractivity (Wildman–Crippen MR) is 73.1 cm³/mol. The minimum atomic E-state index is -0.550. The molecule has 2 aromatic rings. The van der Waals surface area contributed by atoms with Gasteiger partial charge >= 0.3 is 0 Å². The lowest BCUT2D eigenvalue weighted by Gasteiger charge is -2.11. The molecule has 0 radical (unpaired) electrons. The van der Waals surface area contributed by atoms with Gasteiger partial charge in [0.05, 0.1) is 33.2 Å². The minimum Gasteiger partial charge on any atom is -0.397 e. The van der Waals surface area contributed by atoms with Crippen molar-refractivity contribution in [3.63, 3.8) is 0 Å². The number of hydrogen-bond acceptors (Lipinski definition) is 4. The Labute approximate surface area is 118 Å². The Bertz CT molecular complexity index is 659. The van der Waals surface area contributed by atoms with Crippen LogP contribution < -0.4 is 11.1 Å². The van der Waals surface area contributed by atoms with E-state index in [1.165, 1.54) is 12.3 Å². The van der Waals surface area contributed by atoms with Crippen LogP contribution in [0, 0.1) is 17.1 Å². The van der Waals surface area contributed by atoms with E-state index in [9.17, 15) is 4.39 Å². The number of nitrogen functional groups attached to an aromatic ring is 1. The summed E-state index contributed by atoms with van der Waals surface area (Å²) in [6.07, 6.45) is 1.38. The summed E-state index contributed by atoms with van der Waals surface area (Å²) in [7, 11) is 0. The summed E-state index contributed by atoms with van der Waals surface area (Å²) in [5, 5.41) is 12.0. The summed E-state index contributed by atoms with van der Waals surface area (Å²) in [6, 6.07) is 5.62. The van der Waals surface area contributed by atoms with Gasteiger partial charge in [-0.1, -0.05) is 23.2 Å². The second kappa shape index (κ2) is 5.31. The van der Waals surface area contributed by atoms with E-state index >= 15 is 0 Å². The maximum Gasteiger partial charge on any atom is 0.148 e. The number of aromatic nitrogens is 1. The van der Waals surface area contributed by atoms with Crippen molar-refractivity contribution in [3.8, 4) is 6.07 Å². The SMILES string of the molecule is N#Cc1cc(N)cnc1Nc1c(Cl)cc(F)cc1Cl. The normalized spacial score (nSPS) is 10.0.